The third kappa shape index (κ3) is 3.58. The van der Waals surface area contributed by atoms with Gasteiger partial charge in [0, 0.05) is 37.9 Å². The third-order valence-electron chi connectivity index (χ3n) is 4.94. The number of aryl methyl sites for hydroxylation is 1. The molecular weight excluding hydrogens is 392 g/mol. The van der Waals surface area contributed by atoms with Gasteiger partial charge in [-0.05, 0) is 19.1 Å². The average molecular weight is 413 g/mol. The Hall–Kier alpha value is -2.20. The van der Waals surface area contributed by atoms with Crippen LogP contribution in [0.4, 0.5) is 0 Å². The second-order valence-corrected chi connectivity index (χ2v) is 9.21. The van der Waals surface area contributed by atoms with Gasteiger partial charge >= 0.3 is 0 Å². The van der Waals surface area contributed by atoms with Crippen molar-refractivity contribution in [3.8, 4) is 0 Å². The molecule has 3 aromatic heterocycles. The molecule has 0 bridgehead atoms. The Balaban J connectivity index is 1.21. The summed E-state index contributed by atoms with van der Waals surface area (Å²) in [6.45, 7) is 7.51. The van der Waals surface area contributed by atoms with E-state index in [1.54, 1.807) is 11.3 Å². The summed E-state index contributed by atoms with van der Waals surface area (Å²) in [6.07, 6.45) is 0. The molecule has 5 rings (SSSR count). The average Bonchev–Trinajstić information content (AvgIpc) is 3.26. The van der Waals surface area contributed by atoms with E-state index >= 15 is 0 Å². The predicted molar refractivity (Wildman–Crippen MR) is 112 cm³/mol. The minimum absolute atomic E-state index is 0.106. The van der Waals surface area contributed by atoms with Gasteiger partial charge in [0.25, 0.3) is 5.56 Å². The summed E-state index contributed by atoms with van der Waals surface area (Å²) >= 11 is 3.29. The smallest absolute Gasteiger partial charge is 0.275 e. The first-order chi connectivity index (χ1) is 13.6. The Morgan fingerprint density at radius 2 is 1.68 bits per heavy atom. The summed E-state index contributed by atoms with van der Waals surface area (Å²) in [7, 11) is 0. The van der Waals surface area contributed by atoms with E-state index in [1.165, 1.54) is 31.6 Å². The number of thiazole rings is 1. The summed E-state index contributed by atoms with van der Waals surface area (Å²) in [5, 5.41) is 6.58. The zero-order valence-electron chi connectivity index (χ0n) is 15.5. The van der Waals surface area contributed by atoms with Crippen molar-refractivity contribution in [3.05, 3.63) is 56.4 Å². The SMILES string of the molecule is Cc1cc(=O)n2nc(CN3CCN(Cc4nc5ccccc5s4)CC3)sc2n1. The van der Waals surface area contributed by atoms with Gasteiger partial charge in [-0.1, -0.05) is 23.5 Å². The van der Waals surface area contributed by atoms with Gasteiger partial charge in [-0.25, -0.2) is 9.97 Å². The lowest BCUT2D eigenvalue weighted by atomic mass is 10.3. The molecule has 1 aliphatic rings. The molecule has 0 spiro atoms. The zero-order chi connectivity index (χ0) is 19.1. The first-order valence-electron chi connectivity index (χ1n) is 9.30. The molecule has 1 fully saturated rings. The van der Waals surface area contributed by atoms with Gasteiger partial charge in [-0.2, -0.15) is 9.61 Å². The van der Waals surface area contributed by atoms with E-state index in [1.807, 2.05) is 13.0 Å². The number of rotatable bonds is 4. The van der Waals surface area contributed by atoms with E-state index in [2.05, 4.69) is 38.1 Å². The lowest BCUT2D eigenvalue weighted by molar-refractivity contribution is 0.121. The molecule has 28 heavy (non-hydrogen) atoms. The standard InChI is InChI=1S/C19H20N6OS2/c1-13-10-18(26)25-19(20-13)28-17(22-25)12-24-8-6-23(7-9-24)11-16-21-14-4-2-3-5-15(14)27-16/h2-5,10H,6-9,11-12H2,1H3. The van der Waals surface area contributed by atoms with E-state index in [0.29, 0.717) is 4.96 Å². The molecule has 1 aromatic carbocycles. The fourth-order valence-corrected chi connectivity index (χ4v) is 5.50. The summed E-state index contributed by atoms with van der Waals surface area (Å²) < 4.78 is 2.67. The van der Waals surface area contributed by atoms with E-state index < -0.39 is 0 Å². The van der Waals surface area contributed by atoms with Crippen molar-refractivity contribution in [1.29, 1.82) is 0 Å². The van der Waals surface area contributed by atoms with Crippen molar-refractivity contribution in [2.75, 3.05) is 26.2 Å². The van der Waals surface area contributed by atoms with Crippen LogP contribution in [-0.4, -0.2) is 55.6 Å². The molecule has 0 unspecified atom stereocenters. The van der Waals surface area contributed by atoms with Gasteiger partial charge in [0.15, 0.2) is 0 Å². The Morgan fingerprint density at radius 3 is 2.43 bits per heavy atom. The molecule has 7 nitrogen and oxygen atoms in total. The van der Waals surface area contributed by atoms with Crippen molar-refractivity contribution in [3.63, 3.8) is 0 Å². The number of hydrogen-bond acceptors (Lipinski definition) is 8. The van der Waals surface area contributed by atoms with Crippen LogP contribution < -0.4 is 5.56 Å². The Kier molecular flexibility index (Phi) is 4.67. The van der Waals surface area contributed by atoms with Gasteiger partial charge < -0.3 is 0 Å². The largest absolute Gasteiger partial charge is 0.294 e. The van der Waals surface area contributed by atoms with Crippen LogP contribution in [0.15, 0.2) is 35.1 Å². The molecule has 0 radical (unpaired) electrons. The second kappa shape index (κ2) is 7.32. The van der Waals surface area contributed by atoms with Crippen molar-refractivity contribution in [1.82, 2.24) is 29.4 Å². The molecule has 4 heterocycles. The fraction of sp³-hybridized carbons (Fsp3) is 0.368. The molecule has 0 saturated carbocycles. The quantitative estimate of drug-likeness (QED) is 0.513. The maximum atomic E-state index is 12.0. The summed E-state index contributed by atoms with van der Waals surface area (Å²) in [5.41, 5.74) is 1.73. The van der Waals surface area contributed by atoms with E-state index in [-0.39, 0.29) is 5.56 Å². The molecular formula is C19H20N6OS2. The molecule has 9 heteroatoms. The van der Waals surface area contributed by atoms with E-state index in [9.17, 15) is 4.79 Å². The van der Waals surface area contributed by atoms with Crippen LogP contribution in [0.25, 0.3) is 15.2 Å². The minimum Gasteiger partial charge on any atom is -0.294 e. The van der Waals surface area contributed by atoms with Gasteiger partial charge in [0.2, 0.25) is 4.96 Å². The topological polar surface area (TPSA) is 66.6 Å². The molecule has 0 N–H and O–H groups in total. The van der Waals surface area contributed by atoms with Crippen LogP contribution in [0.3, 0.4) is 0 Å². The third-order valence-corrected chi connectivity index (χ3v) is 6.85. The highest BCUT2D eigenvalue weighted by Gasteiger charge is 2.20. The van der Waals surface area contributed by atoms with Gasteiger partial charge in [0.1, 0.15) is 10.0 Å². The number of piperazine rings is 1. The second-order valence-electron chi connectivity index (χ2n) is 7.05. The molecule has 0 atom stereocenters. The number of aromatic nitrogens is 4. The van der Waals surface area contributed by atoms with Crippen molar-refractivity contribution >= 4 is 37.9 Å². The van der Waals surface area contributed by atoms with Gasteiger partial charge in [-0.15, -0.1) is 11.3 Å². The maximum absolute atomic E-state index is 12.0. The van der Waals surface area contributed by atoms with Crippen LogP contribution in [0.1, 0.15) is 15.7 Å². The van der Waals surface area contributed by atoms with Gasteiger partial charge in [-0.3, -0.25) is 14.6 Å². The minimum atomic E-state index is -0.106. The van der Waals surface area contributed by atoms with Crippen molar-refractivity contribution < 1.29 is 0 Å². The highest BCUT2D eigenvalue weighted by atomic mass is 32.1. The van der Waals surface area contributed by atoms with Crippen molar-refractivity contribution in [2.45, 2.75) is 20.0 Å². The van der Waals surface area contributed by atoms with Crippen molar-refractivity contribution in [2.24, 2.45) is 0 Å². The molecule has 4 aromatic rings. The van der Waals surface area contributed by atoms with Crippen LogP contribution in [0.5, 0.6) is 0 Å². The van der Waals surface area contributed by atoms with E-state index in [0.717, 1.165) is 55.5 Å². The summed E-state index contributed by atoms with van der Waals surface area (Å²) in [4.78, 5) is 26.7. The van der Waals surface area contributed by atoms with Crippen LogP contribution >= 0.6 is 22.7 Å². The number of benzene rings is 1. The fourth-order valence-electron chi connectivity index (χ4n) is 3.50. The summed E-state index contributed by atoms with van der Waals surface area (Å²) in [5.74, 6) is 0. The Bertz CT molecular complexity index is 1160. The first-order valence-corrected chi connectivity index (χ1v) is 10.9. The number of nitrogens with zero attached hydrogens (tertiary/aromatic N) is 6. The van der Waals surface area contributed by atoms with Crippen LogP contribution in [0.2, 0.25) is 0 Å². The number of fused-ring (bicyclic) bond motifs is 2. The lowest BCUT2D eigenvalue weighted by Gasteiger charge is -2.33. The first kappa shape index (κ1) is 17.9. The monoisotopic (exact) mass is 412 g/mol. The predicted octanol–water partition coefficient (Wildman–Crippen LogP) is 2.39. The molecule has 0 aliphatic carbocycles. The Morgan fingerprint density at radius 1 is 0.964 bits per heavy atom. The van der Waals surface area contributed by atoms with Gasteiger partial charge in [0.05, 0.1) is 23.3 Å². The van der Waals surface area contributed by atoms with Crippen LogP contribution in [0, 0.1) is 6.92 Å². The zero-order valence-corrected chi connectivity index (χ0v) is 17.2. The summed E-state index contributed by atoms with van der Waals surface area (Å²) in [6, 6.07) is 9.84. The maximum Gasteiger partial charge on any atom is 0.275 e. The highest BCUT2D eigenvalue weighted by Crippen LogP contribution is 2.23. The van der Waals surface area contributed by atoms with Crippen LogP contribution in [-0.2, 0) is 13.1 Å². The highest BCUT2D eigenvalue weighted by molar-refractivity contribution is 7.18. The molecule has 144 valence electrons. The Labute approximate surface area is 169 Å². The normalized spacial score (nSPS) is 16.3. The molecule has 1 saturated heterocycles. The molecule has 1 aliphatic heterocycles. The molecule has 0 amide bonds. The van der Waals surface area contributed by atoms with E-state index in [4.69, 9.17) is 4.98 Å². The number of para-hydroxylation sites is 1. The lowest BCUT2D eigenvalue weighted by Crippen LogP contribution is -2.45. The number of hydrogen-bond donors (Lipinski definition) is 0.